The molecule has 1 aliphatic heterocycles. The number of rotatable bonds is 6. The maximum Gasteiger partial charge on any atom is 0.241 e. The second-order valence-corrected chi connectivity index (χ2v) is 10.4. The van der Waals surface area contributed by atoms with Gasteiger partial charge in [-0.15, -0.1) is 0 Å². The molecule has 2 atom stereocenters. The molecular weight excluding hydrogens is 412 g/mol. The number of aryl methyl sites for hydroxylation is 2. The molecule has 2 aliphatic rings. The number of likely N-dealkylation sites (tertiary alicyclic amines) is 1. The zero-order chi connectivity index (χ0) is 22.2. The van der Waals surface area contributed by atoms with Gasteiger partial charge in [-0.05, 0) is 49.4 Å². The molecule has 7 heteroatoms. The average Bonchev–Trinajstić information content (AvgIpc) is 2.99. The van der Waals surface area contributed by atoms with Crippen molar-refractivity contribution < 1.29 is 18.0 Å². The van der Waals surface area contributed by atoms with Crippen molar-refractivity contribution in [1.29, 1.82) is 0 Å². The highest BCUT2D eigenvalue weighted by Gasteiger charge is 2.47. The summed E-state index contributed by atoms with van der Waals surface area (Å²) < 4.78 is 28.6. The van der Waals surface area contributed by atoms with Crippen LogP contribution in [0.3, 0.4) is 0 Å². The van der Waals surface area contributed by atoms with Gasteiger partial charge in [0.15, 0.2) is 0 Å². The normalized spacial score (nSPS) is 21.4. The number of sulfonamides is 1. The van der Waals surface area contributed by atoms with Crippen LogP contribution in [0.5, 0.6) is 0 Å². The summed E-state index contributed by atoms with van der Waals surface area (Å²) in [6.07, 6.45) is 3.49. The quantitative estimate of drug-likeness (QED) is 0.698. The lowest BCUT2D eigenvalue weighted by Gasteiger charge is -2.19. The molecule has 1 heterocycles. The smallest absolute Gasteiger partial charge is 0.241 e. The summed E-state index contributed by atoms with van der Waals surface area (Å²) in [4.78, 5) is 27.0. The molecule has 1 saturated carbocycles. The first-order valence-electron chi connectivity index (χ1n) is 10.8. The van der Waals surface area contributed by atoms with E-state index in [-0.39, 0.29) is 41.6 Å². The van der Waals surface area contributed by atoms with Crippen molar-refractivity contribution in [2.24, 2.45) is 11.8 Å². The van der Waals surface area contributed by atoms with Gasteiger partial charge < -0.3 is 0 Å². The van der Waals surface area contributed by atoms with Gasteiger partial charge in [0.25, 0.3) is 0 Å². The molecule has 0 spiro atoms. The van der Waals surface area contributed by atoms with Gasteiger partial charge in [0.2, 0.25) is 21.8 Å². The van der Waals surface area contributed by atoms with Crippen LogP contribution in [0.1, 0.15) is 47.9 Å². The van der Waals surface area contributed by atoms with Crippen molar-refractivity contribution in [3.8, 4) is 0 Å². The summed E-state index contributed by atoms with van der Waals surface area (Å²) >= 11 is 0. The van der Waals surface area contributed by atoms with Crippen LogP contribution in [0.2, 0.25) is 0 Å². The largest absolute Gasteiger partial charge is 0.278 e. The Morgan fingerprint density at radius 3 is 2.10 bits per heavy atom. The number of hydrogen-bond donors (Lipinski definition) is 1. The van der Waals surface area contributed by atoms with Crippen LogP contribution in [-0.4, -0.2) is 25.1 Å². The zero-order valence-electron chi connectivity index (χ0n) is 17.9. The van der Waals surface area contributed by atoms with Crippen molar-refractivity contribution >= 4 is 21.8 Å². The highest BCUT2D eigenvalue weighted by atomic mass is 32.2. The first kappa shape index (κ1) is 21.7. The Morgan fingerprint density at radius 2 is 1.48 bits per heavy atom. The van der Waals surface area contributed by atoms with E-state index in [1.54, 1.807) is 25.1 Å². The van der Waals surface area contributed by atoms with Crippen molar-refractivity contribution in [3.63, 3.8) is 0 Å². The fourth-order valence-electron chi connectivity index (χ4n) is 4.56. The van der Waals surface area contributed by atoms with Gasteiger partial charge in [0.1, 0.15) is 0 Å². The summed E-state index contributed by atoms with van der Waals surface area (Å²) in [5.74, 6) is -0.633. The molecule has 4 rings (SSSR count). The predicted octanol–water partition coefficient (Wildman–Crippen LogP) is 3.46. The third-order valence-corrected chi connectivity index (χ3v) is 7.95. The van der Waals surface area contributed by atoms with Gasteiger partial charge in [-0.2, -0.15) is 0 Å². The van der Waals surface area contributed by atoms with E-state index in [1.165, 1.54) is 4.90 Å². The van der Waals surface area contributed by atoms with Crippen LogP contribution < -0.4 is 4.72 Å². The Balaban J connectivity index is 1.52. The molecule has 0 unspecified atom stereocenters. The Kier molecular flexibility index (Phi) is 5.99. The number of nitrogens with zero attached hydrogens (tertiary/aromatic N) is 1. The Labute approximate surface area is 183 Å². The second kappa shape index (κ2) is 8.55. The van der Waals surface area contributed by atoms with Gasteiger partial charge in [-0.25, -0.2) is 13.1 Å². The van der Waals surface area contributed by atoms with E-state index in [0.29, 0.717) is 11.1 Å². The number of hydrogen-bond acceptors (Lipinski definition) is 4. The lowest BCUT2D eigenvalue weighted by molar-refractivity contribution is -0.140. The van der Waals surface area contributed by atoms with Crippen molar-refractivity contribution in [2.75, 3.05) is 0 Å². The number of nitrogens with one attached hydrogen (secondary N) is 1. The highest BCUT2D eigenvalue weighted by molar-refractivity contribution is 7.89. The summed E-state index contributed by atoms with van der Waals surface area (Å²) in [6.45, 7) is 4.03. The molecule has 2 amide bonds. The van der Waals surface area contributed by atoms with E-state index in [9.17, 15) is 18.0 Å². The average molecular weight is 441 g/mol. The molecule has 0 aromatic heterocycles. The van der Waals surface area contributed by atoms with Crippen LogP contribution in [0, 0.1) is 25.7 Å². The van der Waals surface area contributed by atoms with E-state index >= 15 is 0 Å². The monoisotopic (exact) mass is 440 g/mol. The van der Waals surface area contributed by atoms with Crippen molar-refractivity contribution in [1.82, 2.24) is 9.62 Å². The number of carbonyl (C=O) groups is 2. The number of fused-ring (bicyclic) bond motifs is 1. The van der Waals surface area contributed by atoms with E-state index in [0.717, 1.165) is 36.8 Å². The van der Waals surface area contributed by atoms with Crippen LogP contribution in [-0.2, 0) is 32.7 Å². The Bertz CT molecular complexity index is 1080. The Hall–Kier alpha value is -2.51. The Morgan fingerprint density at radius 1 is 0.903 bits per heavy atom. The summed E-state index contributed by atoms with van der Waals surface area (Å²) in [5, 5.41) is 0. The number of imide groups is 1. The first-order valence-corrected chi connectivity index (χ1v) is 12.2. The summed E-state index contributed by atoms with van der Waals surface area (Å²) in [6, 6.07) is 12.8. The minimum atomic E-state index is -3.74. The van der Waals surface area contributed by atoms with Gasteiger partial charge in [0, 0.05) is 6.54 Å². The van der Waals surface area contributed by atoms with Crippen molar-refractivity contribution in [2.45, 2.75) is 57.5 Å². The lowest BCUT2D eigenvalue weighted by atomic mass is 9.81. The molecule has 0 radical (unpaired) electrons. The van der Waals surface area contributed by atoms with E-state index in [4.69, 9.17) is 0 Å². The molecule has 2 aromatic rings. The van der Waals surface area contributed by atoms with E-state index in [2.05, 4.69) is 4.72 Å². The van der Waals surface area contributed by atoms with Crippen LogP contribution in [0.4, 0.5) is 0 Å². The summed E-state index contributed by atoms with van der Waals surface area (Å²) in [7, 11) is -3.74. The molecule has 2 aromatic carbocycles. The van der Waals surface area contributed by atoms with Crippen molar-refractivity contribution in [3.05, 3.63) is 64.7 Å². The standard InChI is InChI=1S/C24H28N2O4S/c1-16-7-10-18(11-8-16)14-25-31(29,30)22-13-19(12-9-17(22)2)15-26-23(27)20-5-3-4-6-21(20)24(26)28/h7-13,20-21,25H,3-6,14-15H2,1-2H3/t20-,21+. The number of carbonyl (C=O) groups excluding carboxylic acids is 2. The van der Waals surface area contributed by atoms with Crippen LogP contribution >= 0.6 is 0 Å². The lowest BCUT2D eigenvalue weighted by Crippen LogP contribution is -2.30. The molecule has 1 saturated heterocycles. The minimum Gasteiger partial charge on any atom is -0.278 e. The molecule has 31 heavy (non-hydrogen) atoms. The van der Waals surface area contributed by atoms with E-state index in [1.807, 2.05) is 31.2 Å². The molecule has 1 N–H and O–H groups in total. The number of benzene rings is 2. The van der Waals surface area contributed by atoms with Crippen LogP contribution in [0.15, 0.2) is 47.4 Å². The molecule has 0 bridgehead atoms. The zero-order valence-corrected chi connectivity index (χ0v) is 18.7. The maximum absolute atomic E-state index is 13.0. The fraction of sp³-hybridized carbons (Fsp3) is 0.417. The topological polar surface area (TPSA) is 83.6 Å². The SMILES string of the molecule is Cc1ccc(CNS(=O)(=O)c2cc(CN3C(=O)[C@H]4CCCC[C@H]4C3=O)ccc2C)cc1. The van der Waals surface area contributed by atoms with Gasteiger partial charge in [-0.1, -0.05) is 54.8 Å². The van der Waals surface area contributed by atoms with Gasteiger partial charge in [0.05, 0.1) is 23.3 Å². The maximum atomic E-state index is 13.0. The molecule has 6 nitrogen and oxygen atoms in total. The summed E-state index contributed by atoms with van der Waals surface area (Å²) in [5.41, 5.74) is 3.24. The molecule has 1 aliphatic carbocycles. The van der Waals surface area contributed by atoms with E-state index < -0.39 is 10.0 Å². The molecule has 164 valence electrons. The third kappa shape index (κ3) is 4.43. The molecule has 2 fully saturated rings. The van der Waals surface area contributed by atoms with Gasteiger partial charge >= 0.3 is 0 Å². The second-order valence-electron chi connectivity index (χ2n) is 8.67. The van der Waals surface area contributed by atoms with Crippen LogP contribution in [0.25, 0.3) is 0 Å². The highest BCUT2D eigenvalue weighted by Crippen LogP contribution is 2.38. The first-order chi connectivity index (χ1) is 14.8. The molecular formula is C24H28N2O4S. The number of amides is 2. The third-order valence-electron chi connectivity index (χ3n) is 6.40. The predicted molar refractivity (Wildman–Crippen MR) is 117 cm³/mol. The van der Waals surface area contributed by atoms with Gasteiger partial charge in [-0.3, -0.25) is 14.5 Å². The minimum absolute atomic E-state index is 0.114. The fourth-order valence-corrected chi connectivity index (χ4v) is 5.87.